The highest BCUT2D eigenvalue weighted by Crippen LogP contribution is 2.27. The first-order valence-corrected chi connectivity index (χ1v) is 5.20. The normalized spacial score (nSPS) is 10.6. The van der Waals surface area contributed by atoms with E-state index in [9.17, 15) is 0 Å². The van der Waals surface area contributed by atoms with Gasteiger partial charge in [-0.1, -0.05) is 26.0 Å². The smallest absolute Gasteiger partial charge is 0.149 e. The standard InChI is InChI=1S/C12H19NO/c1-4-10(5-2)11-6-7-12(14-13)9(3)8-11/h6-8,10H,4-5,13H2,1-3H3. The van der Waals surface area contributed by atoms with Gasteiger partial charge in [-0.05, 0) is 42.9 Å². The van der Waals surface area contributed by atoms with E-state index in [4.69, 9.17) is 10.7 Å². The van der Waals surface area contributed by atoms with Crippen LogP contribution < -0.4 is 10.7 Å². The number of rotatable bonds is 4. The lowest BCUT2D eigenvalue weighted by Crippen LogP contribution is -2.04. The molecule has 2 N–H and O–H groups in total. The third-order valence-corrected chi connectivity index (χ3v) is 2.78. The zero-order valence-electron chi connectivity index (χ0n) is 9.21. The molecule has 14 heavy (non-hydrogen) atoms. The average molecular weight is 193 g/mol. The Morgan fingerprint density at radius 3 is 2.36 bits per heavy atom. The Hall–Kier alpha value is -1.02. The Balaban J connectivity index is 2.95. The Morgan fingerprint density at radius 1 is 1.29 bits per heavy atom. The summed E-state index contributed by atoms with van der Waals surface area (Å²) in [5.74, 6) is 6.56. The van der Waals surface area contributed by atoms with Crippen molar-refractivity contribution < 1.29 is 4.84 Å². The minimum Gasteiger partial charge on any atom is -0.411 e. The van der Waals surface area contributed by atoms with Crippen LogP contribution in [0.15, 0.2) is 18.2 Å². The van der Waals surface area contributed by atoms with Crippen molar-refractivity contribution in [1.82, 2.24) is 0 Å². The van der Waals surface area contributed by atoms with E-state index in [0.29, 0.717) is 5.92 Å². The van der Waals surface area contributed by atoms with Crippen LogP contribution in [-0.4, -0.2) is 0 Å². The van der Waals surface area contributed by atoms with E-state index in [1.807, 2.05) is 13.0 Å². The summed E-state index contributed by atoms with van der Waals surface area (Å²) < 4.78 is 0. The van der Waals surface area contributed by atoms with Crippen LogP contribution in [0.25, 0.3) is 0 Å². The van der Waals surface area contributed by atoms with Crippen LogP contribution in [0.1, 0.15) is 43.7 Å². The summed E-state index contributed by atoms with van der Waals surface area (Å²) in [5.41, 5.74) is 2.49. The van der Waals surface area contributed by atoms with Gasteiger partial charge in [0.2, 0.25) is 0 Å². The van der Waals surface area contributed by atoms with Gasteiger partial charge in [0.25, 0.3) is 0 Å². The lowest BCUT2D eigenvalue weighted by atomic mass is 9.93. The molecule has 2 heteroatoms. The highest BCUT2D eigenvalue weighted by Gasteiger charge is 2.08. The molecular formula is C12H19NO. The van der Waals surface area contributed by atoms with Gasteiger partial charge >= 0.3 is 0 Å². The fourth-order valence-corrected chi connectivity index (χ4v) is 1.82. The van der Waals surface area contributed by atoms with Crippen molar-refractivity contribution in [3.05, 3.63) is 29.3 Å². The van der Waals surface area contributed by atoms with Gasteiger partial charge in [0.1, 0.15) is 5.75 Å². The molecule has 1 aromatic carbocycles. The topological polar surface area (TPSA) is 35.2 Å². The van der Waals surface area contributed by atoms with E-state index in [0.717, 1.165) is 11.3 Å². The van der Waals surface area contributed by atoms with Gasteiger partial charge in [0.05, 0.1) is 0 Å². The Labute approximate surface area is 86.0 Å². The predicted octanol–water partition coefficient (Wildman–Crippen LogP) is 3.15. The van der Waals surface area contributed by atoms with Gasteiger partial charge in [-0.3, -0.25) is 0 Å². The van der Waals surface area contributed by atoms with Crippen molar-refractivity contribution in [3.63, 3.8) is 0 Å². The van der Waals surface area contributed by atoms with Crippen molar-refractivity contribution in [2.24, 2.45) is 5.90 Å². The highest BCUT2D eigenvalue weighted by atomic mass is 16.6. The van der Waals surface area contributed by atoms with Crippen LogP contribution in [0.4, 0.5) is 0 Å². The molecule has 0 unspecified atom stereocenters. The maximum absolute atomic E-state index is 5.14. The number of benzene rings is 1. The van der Waals surface area contributed by atoms with Crippen LogP contribution in [0.2, 0.25) is 0 Å². The fourth-order valence-electron chi connectivity index (χ4n) is 1.82. The summed E-state index contributed by atoms with van der Waals surface area (Å²) in [6, 6.07) is 6.22. The molecule has 0 aromatic heterocycles. The van der Waals surface area contributed by atoms with Crippen LogP contribution in [0.3, 0.4) is 0 Å². The third kappa shape index (κ3) is 2.26. The molecule has 0 aliphatic heterocycles. The Kier molecular flexibility index (Phi) is 3.96. The minimum absolute atomic E-state index is 0.653. The minimum atomic E-state index is 0.653. The van der Waals surface area contributed by atoms with Crippen molar-refractivity contribution in [1.29, 1.82) is 0 Å². The molecule has 0 amide bonds. The molecule has 0 aliphatic rings. The first-order valence-electron chi connectivity index (χ1n) is 5.20. The molecule has 0 fully saturated rings. The number of hydrogen-bond donors (Lipinski definition) is 1. The van der Waals surface area contributed by atoms with Crippen molar-refractivity contribution in [3.8, 4) is 5.75 Å². The van der Waals surface area contributed by atoms with Crippen LogP contribution in [0.5, 0.6) is 5.75 Å². The van der Waals surface area contributed by atoms with Gasteiger partial charge in [-0.2, -0.15) is 5.90 Å². The molecule has 78 valence electrons. The molecule has 0 bridgehead atoms. The summed E-state index contributed by atoms with van der Waals surface area (Å²) in [4.78, 5) is 4.75. The summed E-state index contributed by atoms with van der Waals surface area (Å²) in [5, 5.41) is 0. The molecule has 1 aromatic rings. The molecule has 0 radical (unpaired) electrons. The summed E-state index contributed by atoms with van der Waals surface area (Å²) >= 11 is 0. The lowest BCUT2D eigenvalue weighted by Gasteiger charge is -2.14. The lowest BCUT2D eigenvalue weighted by molar-refractivity contribution is 0.332. The zero-order valence-corrected chi connectivity index (χ0v) is 9.21. The van der Waals surface area contributed by atoms with Crippen molar-refractivity contribution in [2.75, 3.05) is 0 Å². The van der Waals surface area contributed by atoms with Gasteiger partial charge in [0.15, 0.2) is 0 Å². The first kappa shape index (κ1) is 11.1. The van der Waals surface area contributed by atoms with Gasteiger partial charge in [0, 0.05) is 0 Å². The predicted molar refractivity (Wildman–Crippen MR) is 59.3 cm³/mol. The fraction of sp³-hybridized carbons (Fsp3) is 0.500. The number of nitrogens with two attached hydrogens (primary N) is 1. The van der Waals surface area contributed by atoms with Gasteiger partial charge in [-0.15, -0.1) is 0 Å². The molecule has 0 heterocycles. The maximum atomic E-state index is 5.14. The second kappa shape index (κ2) is 5.01. The highest BCUT2D eigenvalue weighted by molar-refractivity contribution is 5.37. The quantitative estimate of drug-likeness (QED) is 0.745. The van der Waals surface area contributed by atoms with E-state index >= 15 is 0 Å². The monoisotopic (exact) mass is 193 g/mol. The molecular weight excluding hydrogens is 174 g/mol. The largest absolute Gasteiger partial charge is 0.411 e. The zero-order chi connectivity index (χ0) is 10.6. The van der Waals surface area contributed by atoms with Gasteiger partial charge < -0.3 is 4.84 Å². The van der Waals surface area contributed by atoms with E-state index in [1.165, 1.54) is 18.4 Å². The average Bonchev–Trinajstić information content (AvgIpc) is 2.20. The van der Waals surface area contributed by atoms with Gasteiger partial charge in [-0.25, -0.2) is 0 Å². The molecule has 0 atom stereocenters. The van der Waals surface area contributed by atoms with E-state index in [-0.39, 0.29) is 0 Å². The second-order valence-electron chi connectivity index (χ2n) is 3.66. The van der Waals surface area contributed by atoms with Crippen LogP contribution in [-0.2, 0) is 0 Å². The summed E-state index contributed by atoms with van der Waals surface area (Å²) in [6.45, 7) is 6.46. The SMILES string of the molecule is CCC(CC)c1ccc(ON)c(C)c1. The molecule has 0 spiro atoms. The summed E-state index contributed by atoms with van der Waals surface area (Å²) in [7, 11) is 0. The maximum Gasteiger partial charge on any atom is 0.149 e. The van der Waals surface area contributed by atoms with Crippen molar-refractivity contribution >= 4 is 0 Å². The van der Waals surface area contributed by atoms with Crippen LogP contribution >= 0.6 is 0 Å². The third-order valence-electron chi connectivity index (χ3n) is 2.78. The molecule has 0 saturated carbocycles. The van der Waals surface area contributed by atoms with E-state index in [2.05, 4.69) is 26.0 Å². The number of hydrogen-bond acceptors (Lipinski definition) is 2. The molecule has 1 rings (SSSR count). The molecule has 2 nitrogen and oxygen atoms in total. The first-order chi connectivity index (χ1) is 6.72. The van der Waals surface area contributed by atoms with E-state index in [1.54, 1.807) is 0 Å². The molecule has 0 aliphatic carbocycles. The van der Waals surface area contributed by atoms with E-state index < -0.39 is 0 Å². The van der Waals surface area contributed by atoms with Crippen molar-refractivity contribution in [2.45, 2.75) is 39.5 Å². The molecule has 0 saturated heterocycles. The summed E-state index contributed by atoms with van der Waals surface area (Å²) in [6.07, 6.45) is 2.36. The number of aryl methyl sites for hydroxylation is 1. The van der Waals surface area contributed by atoms with Crippen LogP contribution in [0, 0.1) is 6.92 Å². The Morgan fingerprint density at radius 2 is 1.93 bits per heavy atom. The Bertz CT molecular complexity index is 292. The second-order valence-corrected chi connectivity index (χ2v) is 3.66.